The van der Waals surface area contributed by atoms with Gasteiger partial charge in [0.25, 0.3) is 5.91 Å². The number of carbonyl (C=O) groups is 1. The van der Waals surface area contributed by atoms with E-state index >= 15 is 0 Å². The van der Waals surface area contributed by atoms with E-state index in [4.69, 9.17) is 4.74 Å². The molecule has 0 aliphatic carbocycles. The fourth-order valence-electron chi connectivity index (χ4n) is 4.26. The molecule has 3 heterocycles. The number of sulfone groups is 1. The lowest BCUT2D eigenvalue weighted by atomic mass is 9.99. The molecule has 0 spiro atoms. The van der Waals surface area contributed by atoms with Crippen LogP contribution in [0, 0.1) is 5.82 Å². The van der Waals surface area contributed by atoms with Crippen LogP contribution in [-0.4, -0.2) is 63.7 Å². The van der Waals surface area contributed by atoms with Crippen LogP contribution in [-0.2, 0) is 16.9 Å². The van der Waals surface area contributed by atoms with Crippen LogP contribution in [0.5, 0.6) is 5.75 Å². The van der Waals surface area contributed by atoms with Crippen molar-refractivity contribution in [3.63, 3.8) is 0 Å². The lowest BCUT2D eigenvalue weighted by molar-refractivity contribution is 0.0546. The third-order valence-electron chi connectivity index (χ3n) is 6.00. The lowest BCUT2D eigenvalue weighted by Crippen LogP contribution is -2.59. The number of rotatable bonds is 7. The van der Waals surface area contributed by atoms with E-state index in [9.17, 15) is 17.6 Å². The van der Waals surface area contributed by atoms with Crippen molar-refractivity contribution in [2.45, 2.75) is 12.1 Å². The number of ether oxygens (including phenoxy) is 1. The van der Waals surface area contributed by atoms with Crippen LogP contribution >= 0.6 is 0 Å². The molecular formula is C24H23FN6O4S. The number of fused-ring (bicyclic) bond motifs is 1. The standard InChI is InChI=1S/C24H23FN6O4S/c1-30-11-18(10-28-30)23(15-5-6-22(35-2)20(25)7-15)31(29-19-12-36(33,34)13-19)24(32)16-3-4-17-9-26-14-27-21(17)8-16/h3-11,14,19,23,29H,12-13H2,1-2H3/t23-/m0/s1. The quantitative estimate of drug-likeness (QED) is 0.375. The summed E-state index contributed by atoms with van der Waals surface area (Å²) in [6.45, 7) is 0. The fourth-order valence-corrected chi connectivity index (χ4v) is 5.53. The number of nitrogens with one attached hydrogen (secondary N) is 1. The Hall–Kier alpha value is -3.90. The van der Waals surface area contributed by atoms with Crippen LogP contribution in [0.1, 0.15) is 27.5 Å². The van der Waals surface area contributed by atoms with Gasteiger partial charge in [0.1, 0.15) is 12.4 Å². The molecule has 0 bridgehead atoms. The number of aryl methyl sites for hydroxylation is 1. The maximum absolute atomic E-state index is 14.8. The Labute approximate surface area is 206 Å². The Morgan fingerprint density at radius 2 is 2.00 bits per heavy atom. The third-order valence-corrected chi connectivity index (χ3v) is 7.82. The van der Waals surface area contributed by atoms with Gasteiger partial charge in [0, 0.05) is 36.0 Å². The Bertz CT molecular complexity index is 1550. The van der Waals surface area contributed by atoms with Crippen molar-refractivity contribution in [1.82, 2.24) is 30.2 Å². The van der Waals surface area contributed by atoms with E-state index in [0.29, 0.717) is 22.2 Å². The van der Waals surface area contributed by atoms with E-state index in [1.807, 2.05) is 0 Å². The third kappa shape index (κ3) is 4.64. The van der Waals surface area contributed by atoms with Gasteiger partial charge in [-0.2, -0.15) is 5.10 Å². The molecule has 1 aliphatic heterocycles. The molecule has 36 heavy (non-hydrogen) atoms. The molecule has 12 heteroatoms. The van der Waals surface area contributed by atoms with Crippen LogP contribution in [0.25, 0.3) is 10.9 Å². The number of hydrazine groups is 1. The number of benzene rings is 2. The first-order valence-electron chi connectivity index (χ1n) is 11.1. The molecule has 0 unspecified atom stereocenters. The van der Waals surface area contributed by atoms with Crippen molar-refractivity contribution >= 4 is 26.6 Å². The number of aromatic nitrogens is 4. The average molecular weight is 511 g/mol. The molecule has 1 aliphatic rings. The van der Waals surface area contributed by atoms with Crippen LogP contribution in [0.2, 0.25) is 0 Å². The summed E-state index contributed by atoms with van der Waals surface area (Å²) in [7, 11) is -0.0705. The van der Waals surface area contributed by atoms with Crippen LogP contribution in [0.15, 0.2) is 61.3 Å². The second-order valence-corrected chi connectivity index (χ2v) is 10.8. The molecule has 186 valence electrons. The van der Waals surface area contributed by atoms with Crippen molar-refractivity contribution in [2.75, 3.05) is 18.6 Å². The van der Waals surface area contributed by atoms with Crippen LogP contribution in [0.4, 0.5) is 4.39 Å². The van der Waals surface area contributed by atoms with Gasteiger partial charge in [-0.15, -0.1) is 0 Å². The number of nitrogens with zero attached hydrogens (tertiary/aromatic N) is 5. The molecule has 1 amide bonds. The molecule has 5 rings (SSSR count). The highest BCUT2D eigenvalue weighted by atomic mass is 32.2. The molecule has 1 fully saturated rings. The Kier molecular flexibility index (Phi) is 6.14. The fraction of sp³-hybridized carbons (Fsp3) is 0.250. The zero-order valence-electron chi connectivity index (χ0n) is 19.5. The van der Waals surface area contributed by atoms with E-state index in [0.717, 1.165) is 5.39 Å². The minimum absolute atomic E-state index is 0.0637. The average Bonchev–Trinajstić information content (AvgIpc) is 3.27. The smallest absolute Gasteiger partial charge is 0.268 e. The number of amides is 1. The summed E-state index contributed by atoms with van der Waals surface area (Å²) in [6.07, 6.45) is 6.34. The van der Waals surface area contributed by atoms with Crippen molar-refractivity contribution in [3.8, 4) is 5.75 Å². The van der Waals surface area contributed by atoms with E-state index in [1.165, 1.54) is 30.6 Å². The van der Waals surface area contributed by atoms with Gasteiger partial charge in [0.15, 0.2) is 21.4 Å². The maximum Gasteiger partial charge on any atom is 0.268 e. The monoisotopic (exact) mass is 510 g/mol. The number of carbonyl (C=O) groups excluding carboxylic acids is 1. The van der Waals surface area contributed by atoms with Crippen LogP contribution < -0.4 is 10.2 Å². The first-order valence-corrected chi connectivity index (χ1v) is 12.9. The molecule has 0 saturated carbocycles. The molecular weight excluding hydrogens is 487 g/mol. The summed E-state index contributed by atoms with van der Waals surface area (Å²) >= 11 is 0. The molecule has 0 radical (unpaired) electrons. The summed E-state index contributed by atoms with van der Waals surface area (Å²) in [4.78, 5) is 22.2. The highest BCUT2D eigenvalue weighted by Gasteiger charge is 2.38. The maximum atomic E-state index is 14.8. The summed E-state index contributed by atoms with van der Waals surface area (Å²) in [5.41, 5.74) is 5.04. The minimum Gasteiger partial charge on any atom is -0.494 e. The highest BCUT2D eigenvalue weighted by Crippen LogP contribution is 2.32. The SMILES string of the molecule is COc1ccc([C@@H](c2cnn(C)c2)N(NC2CS(=O)(=O)C2)C(=O)c2ccc3cncnc3c2)cc1F. The first-order chi connectivity index (χ1) is 17.2. The number of hydrogen-bond acceptors (Lipinski definition) is 8. The first kappa shape index (κ1) is 23.8. The Morgan fingerprint density at radius 1 is 1.19 bits per heavy atom. The van der Waals surface area contributed by atoms with Gasteiger partial charge < -0.3 is 4.74 Å². The lowest BCUT2D eigenvalue weighted by Gasteiger charge is -2.38. The normalized spacial score (nSPS) is 15.9. The second-order valence-electron chi connectivity index (χ2n) is 8.62. The number of methoxy groups -OCH3 is 1. The number of halogens is 1. The topological polar surface area (TPSA) is 119 Å². The van der Waals surface area contributed by atoms with Gasteiger partial charge in [-0.25, -0.2) is 28.2 Å². The van der Waals surface area contributed by atoms with Crippen molar-refractivity contribution in [1.29, 1.82) is 0 Å². The Morgan fingerprint density at radius 3 is 2.67 bits per heavy atom. The summed E-state index contributed by atoms with van der Waals surface area (Å²) in [5, 5.41) is 6.34. The predicted molar refractivity (Wildman–Crippen MR) is 129 cm³/mol. The summed E-state index contributed by atoms with van der Waals surface area (Å²) < 4.78 is 45.1. The van der Waals surface area contributed by atoms with Gasteiger partial charge in [-0.3, -0.25) is 14.5 Å². The van der Waals surface area contributed by atoms with Crippen molar-refractivity contribution < 1.29 is 22.3 Å². The van der Waals surface area contributed by atoms with E-state index in [2.05, 4.69) is 20.5 Å². The molecule has 2 aromatic carbocycles. The number of hydrogen-bond donors (Lipinski definition) is 1. The van der Waals surface area contributed by atoms with Gasteiger partial charge in [-0.1, -0.05) is 12.1 Å². The molecule has 2 aromatic heterocycles. The van der Waals surface area contributed by atoms with Gasteiger partial charge in [0.2, 0.25) is 0 Å². The second kappa shape index (κ2) is 9.28. The molecule has 4 aromatic rings. The zero-order chi connectivity index (χ0) is 25.4. The summed E-state index contributed by atoms with van der Waals surface area (Å²) in [6, 6.07) is 8.16. The van der Waals surface area contributed by atoms with E-state index in [-0.39, 0.29) is 17.3 Å². The predicted octanol–water partition coefficient (Wildman–Crippen LogP) is 2.04. The molecule has 1 N–H and O–H groups in total. The zero-order valence-corrected chi connectivity index (χ0v) is 20.3. The molecule has 10 nitrogen and oxygen atoms in total. The van der Waals surface area contributed by atoms with Crippen LogP contribution in [0.3, 0.4) is 0 Å². The van der Waals surface area contributed by atoms with Gasteiger partial charge >= 0.3 is 0 Å². The van der Waals surface area contributed by atoms with Crippen molar-refractivity contribution in [2.24, 2.45) is 7.05 Å². The van der Waals surface area contributed by atoms with Gasteiger partial charge in [-0.05, 0) is 29.8 Å². The minimum atomic E-state index is -3.17. The van der Waals surface area contributed by atoms with E-state index < -0.39 is 33.6 Å². The van der Waals surface area contributed by atoms with Crippen molar-refractivity contribution in [3.05, 3.63) is 83.8 Å². The molecule has 1 atom stereocenters. The van der Waals surface area contributed by atoms with E-state index in [1.54, 1.807) is 54.6 Å². The molecule has 1 saturated heterocycles. The summed E-state index contributed by atoms with van der Waals surface area (Å²) in [5.74, 6) is -1.19. The Balaban J connectivity index is 1.61. The largest absolute Gasteiger partial charge is 0.494 e. The van der Waals surface area contributed by atoms with Gasteiger partial charge in [0.05, 0.1) is 36.4 Å². The highest BCUT2D eigenvalue weighted by molar-refractivity contribution is 7.92.